The predicted octanol–water partition coefficient (Wildman–Crippen LogP) is 3.73. The number of fused-ring (bicyclic) bond motifs is 1. The molecule has 3 aliphatic carbocycles. The van der Waals surface area contributed by atoms with Crippen LogP contribution in [0.25, 0.3) is 11.4 Å². The minimum absolute atomic E-state index is 0.395. The molecule has 5 nitrogen and oxygen atoms in total. The maximum absolute atomic E-state index is 4.22. The number of tetrazole rings is 1. The Bertz CT molecular complexity index is 827. The summed E-state index contributed by atoms with van der Waals surface area (Å²) in [7, 11) is 0. The molecule has 0 radical (unpaired) electrons. The molecule has 2 heterocycles. The van der Waals surface area contributed by atoms with Gasteiger partial charge in [-0.2, -0.15) is 5.21 Å². The van der Waals surface area contributed by atoms with Crippen LogP contribution in [0.2, 0.25) is 0 Å². The van der Waals surface area contributed by atoms with Gasteiger partial charge in [0.25, 0.3) is 0 Å². The first kappa shape index (κ1) is 16.2. The molecule has 5 heteroatoms. The summed E-state index contributed by atoms with van der Waals surface area (Å²) in [6, 6.07) is 7.75. The highest BCUT2D eigenvalue weighted by atomic mass is 15.5. The summed E-state index contributed by atoms with van der Waals surface area (Å²) in [5, 5.41) is 14.8. The van der Waals surface area contributed by atoms with Crippen molar-refractivity contribution in [3.63, 3.8) is 0 Å². The van der Waals surface area contributed by atoms with E-state index in [1.54, 1.807) is 11.1 Å². The van der Waals surface area contributed by atoms with E-state index in [0.29, 0.717) is 5.41 Å². The summed E-state index contributed by atoms with van der Waals surface area (Å²) >= 11 is 0. The summed E-state index contributed by atoms with van der Waals surface area (Å²) in [5.41, 5.74) is 4.72. The lowest BCUT2D eigenvalue weighted by atomic mass is 9.52. The third-order valence-electron chi connectivity index (χ3n) is 8.27. The molecular weight excluding hydrogens is 334 g/mol. The Morgan fingerprint density at radius 1 is 1.11 bits per heavy atom. The molecule has 2 bridgehead atoms. The number of aromatic nitrogens is 4. The van der Waals surface area contributed by atoms with Gasteiger partial charge in [0.15, 0.2) is 0 Å². The van der Waals surface area contributed by atoms with Crippen molar-refractivity contribution in [2.75, 3.05) is 13.1 Å². The van der Waals surface area contributed by atoms with Gasteiger partial charge in [0.1, 0.15) is 0 Å². The molecule has 0 spiro atoms. The molecule has 0 amide bonds. The largest absolute Gasteiger partial charge is 0.299 e. The third-order valence-corrected chi connectivity index (χ3v) is 8.27. The zero-order chi connectivity index (χ0) is 17.8. The minimum atomic E-state index is 0.395. The molecule has 142 valence electrons. The first-order valence-electron chi connectivity index (χ1n) is 10.9. The van der Waals surface area contributed by atoms with Crippen molar-refractivity contribution < 1.29 is 0 Å². The van der Waals surface area contributed by atoms with Crippen LogP contribution in [0.5, 0.6) is 0 Å². The lowest BCUT2D eigenvalue weighted by Crippen LogP contribution is -2.61. The van der Waals surface area contributed by atoms with Crippen LogP contribution in [-0.4, -0.2) is 44.7 Å². The number of piperidine rings is 1. The van der Waals surface area contributed by atoms with E-state index in [2.05, 4.69) is 43.7 Å². The van der Waals surface area contributed by atoms with Crippen LogP contribution in [0, 0.1) is 11.8 Å². The van der Waals surface area contributed by atoms with Crippen LogP contribution in [0.3, 0.4) is 0 Å². The van der Waals surface area contributed by atoms with Gasteiger partial charge in [0, 0.05) is 23.6 Å². The van der Waals surface area contributed by atoms with Gasteiger partial charge in [-0.1, -0.05) is 31.4 Å². The van der Waals surface area contributed by atoms with Crippen LogP contribution >= 0.6 is 0 Å². The van der Waals surface area contributed by atoms with Crippen molar-refractivity contribution in [1.29, 1.82) is 0 Å². The van der Waals surface area contributed by atoms with Gasteiger partial charge >= 0.3 is 0 Å². The molecule has 3 atom stereocenters. The summed E-state index contributed by atoms with van der Waals surface area (Å²) < 4.78 is 0. The highest BCUT2D eigenvalue weighted by molar-refractivity contribution is 5.59. The van der Waals surface area contributed by atoms with Gasteiger partial charge in [0.05, 0.1) is 0 Å². The van der Waals surface area contributed by atoms with E-state index in [-0.39, 0.29) is 0 Å². The second-order valence-electron chi connectivity index (χ2n) is 9.43. The van der Waals surface area contributed by atoms with E-state index >= 15 is 0 Å². The van der Waals surface area contributed by atoms with E-state index < -0.39 is 0 Å². The summed E-state index contributed by atoms with van der Waals surface area (Å²) in [6.45, 7) is 2.65. The average Bonchev–Trinajstić information content (AvgIpc) is 3.20. The van der Waals surface area contributed by atoms with Crippen LogP contribution in [0.4, 0.5) is 0 Å². The zero-order valence-electron chi connectivity index (χ0n) is 16.0. The molecule has 1 aromatic carbocycles. The van der Waals surface area contributed by atoms with E-state index in [4.69, 9.17) is 0 Å². The van der Waals surface area contributed by atoms with Gasteiger partial charge in [-0.05, 0) is 79.3 Å². The Labute approximate surface area is 160 Å². The van der Waals surface area contributed by atoms with E-state index in [1.165, 1.54) is 70.9 Å². The van der Waals surface area contributed by atoms with Crippen LogP contribution in [0.1, 0.15) is 62.5 Å². The summed E-state index contributed by atoms with van der Waals surface area (Å²) in [5.74, 6) is 2.54. The molecule has 3 fully saturated rings. The normalized spacial score (nSPS) is 33.2. The van der Waals surface area contributed by atoms with Crippen molar-refractivity contribution in [3.05, 3.63) is 29.3 Å². The maximum Gasteiger partial charge on any atom is 0.204 e. The molecule has 2 aromatic rings. The standard InChI is InChI=1S/C22H29N5/c1-2-9-22-10-11-27(14-15-4-3-5-15)20(18(22)6-1)13-16-7-8-17(12-19(16)22)21-23-25-26-24-21/h7-8,12,15,18,20H,1-6,9-11,13-14H2,(H,23,24,25,26)/t18-,20-,22+/m0/s1. The second kappa shape index (κ2) is 6.13. The second-order valence-corrected chi connectivity index (χ2v) is 9.43. The SMILES string of the molecule is c1cc2c(cc1-c1nn[nH]n1)[C@@]13CCCC[C@H]1[C@H](C2)N(CC1CCC1)CC3. The number of nitrogens with one attached hydrogen (secondary N) is 1. The van der Waals surface area contributed by atoms with Crippen molar-refractivity contribution in [1.82, 2.24) is 25.5 Å². The Morgan fingerprint density at radius 2 is 2.07 bits per heavy atom. The van der Waals surface area contributed by atoms with Gasteiger partial charge < -0.3 is 0 Å². The summed E-state index contributed by atoms with van der Waals surface area (Å²) in [4.78, 5) is 2.90. The Kier molecular flexibility index (Phi) is 3.68. The van der Waals surface area contributed by atoms with Crippen LogP contribution in [-0.2, 0) is 11.8 Å². The van der Waals surface area contributed by atoms with Crippen molar-refractivity contribution >= 4 is 0 Å². The van der Waals surface area contributed by atoms with Crippen LogP contribution < -0.4 is 0 Å². The van der Waals surface area contributed by atoms with Gasteiger partial charge in [-0.3, -0.25) is 4.90 Å². The maximum atomic E-state index is 4.22. The van der Waals surface area contributed by atoms with Crippen molar-refractivity contribution in [3.8, 4) is 11.4 Å². The fourth-order valence-electron chi connectivity index (χ4n) is 6.74. The molecule has 1 N–H and O–H groups in total. The van der Waals surface area contributed by atoms with Crippen molar-refractivity contribution in [2.45, 2.75) is 69.2 Å². The Morgan fingerprint density at radius 3 is 2.89 bits per heavy atom. The van der Waals surface area contributed by atoms with E-state index in [9.17, 15) is 0 Å². The first-order chi connectivity index (χ1) is 13.3. The molecule has 1 aromatic heterocycles. The molecule has 4 aliphatic rings. The first-order valence-corrected chi connectivity index (χ1v) is 10.9. The number of aromatic amines is 1. The lowest BCUT2D eigenvalue weighted by molar-refractivity contribution is -0.0239. The highest BCUT2D eigenvalue weighted by Crippen LogP contribution is 2.56. The van der Waals surface area contributed by atoms with Gasteiger partial charge in [0.2, 0.25) is 5.82 Å². The number of rotatable bonds is 3. The smallest absolute Gasteiger partial charge is 0.204 e. The summed E-state index contributed by atoms with van der Waals surface area (Å²) in [6.07, 6.45) is 12.5. The minimum Gasteiger partial charge on any atom is -0.299 e. The molecule has 6 rings (SSSR count). The molecule has 1 saturated heterocycles. The molecule has 1 aliphatic heterocycles. The Balaban J connectivity index is 1.41. The molecular formula is C22H29N5. The fraction of sp³-hybridized carbons (Fsp3) is 0.682. The quantitative estimate of drug-likeness (QED) is 0.903. The van der Waals surface area contributed by atoms with E-state index in [1.807, 2.05) is 0 Å². The molecule has 0 unspecified atom stereocenters. The fourth-order valence-corrected chi connectivity index (χ4v) is 6.74. The monoisotopic (exact) mass is 363 g/mol. The third kappa shape index (κ3) is 2.43. The number of benzene rings is 1. The predicted molar refractivity (Wildman–Crippen MR) is 104 cm³/mol. The number of nitrogens with zero attached hydrogens (tertiary/aromatic N) is 4. The number of hydrogen-bond donors (Lipinski definition) is 1. The Hall–Kier alpha value is -1.75. The highest BCUT2D eigenvalue weighted by Gasteiger charge is 2.53. The average molecular weight is 364 g/mol. The van der Waals surface area contributed by atoms with Gasteiger partial charge in [-0.15, -0.1) is 10.2 Å². The number of likely N-dealkylation sites (tertiary alicyclic amines) is 1. The number of hydrogen-bond acceptors (Lipinski definition) is 4. The van der Waals surface area contributed by atoms with E-state index in [0.717, 1.165) is 29.3 Å². The molecule has 2 saturated carbocycles. The van der Waals surface area contributed by atoms with Crippen molar-refractivity contribution in [2.24, 2.45) is 11.8 Å². The molecule has 27 heavy (non-hydrogen) atoms. The van der Waals surface area contributed by atoms with Gasteiger partial charge in [-0.25, -0.2) is 0 Å². The van der Waals surface area contributed by atoms with Crippen LogP contribution in [0.15, 0.2) is 18.2 Å². The number of H-pyrrole nitrogens is 1. The topological polar surface area (TPSA) is 57.7 Å². The zero-order valence-corrected chi connectivity index (χ0v) is 16.0. The lowest BCUT2D eigenvalue weighted by Gasteiger charge is -2.59.